The Bertz CT molecular complexity index is 1120. The van der Waals surface area contributed by atoms with E-state index in [0.717, 1.165) is 33.9 Å². The minimum Gasteiger partial charge on any atom is -0.337 e. The molecule has 0 aliphatic heterocycles. The first kappa shape index (κ1) is 21.8. The minimum atomic E-state index is -0.0593. The van der Waals surface area contributed by atoms with Crippen LogP contribution in [-0.2, 0) is 6.54 Å². The zero-order valence-corrected chi connectivity index (χ0v) is 19.2. The van der Waals surface area contributed by atoms with Crippen molar-refractivity contribution in [1.82, 2.24) is 14.5 Å². The molecule has 0 fully saturated rings. The summed E-state index contributed by atoms with van der Waals surface area (Å²) >= 11 is 8.90. The zero-order chi connectivity index (χ0) is 19.7. The van der Waals surface area contributed by atoms with Crippen LogP contribution in [0, 0.1) is 13.8 Å². The van der Waals surface area contributed by atoms with Crippen molar-refractivity contribution < 1.29 is 4.79 Å². The Balaban J connectivity index is 0.00000240. The number of carbonyl (C=O) groups excluding carboxylic acids is 1. The summed E-state index contributed by atoms with van der Waals surface area (Å²) in [4.78, 5) is 24.5. The van der Waals surface area contributed by atoms with Crippen molar-refractivity contribution in [3.8, 4) is 0 Å². The van der Waals surface area contributed by atoms with Crippen LogP contribution in [0.25, 0.3) is 10.2 Å². The third kappa shape index (κ3) is 4.64. The molecule has 29 heavy (non-hydrogen) atoms. The van der Waals surface area contributed by atoms with Crippen molar-refractivity contribution in [2.45, 2.75) is 26.8 Å². The molecule has 3 heterocycles. The van der Waals surface area contributed by atoms with Gasteiger partial charge in [0.1, 0.15) is 0 Å². The van der Waals surface area contributed by atoms with Crippen LogP contribution in [0.1, 0.15) is 27.2 Å². The monoisotopic (exact) mass is 466 g/mol. The number of anilines is 1. The predicted molar refractivity (Wildman–Crippen MR) is 124 cm³/mol. The summed E-state index contributed by atoms with van der Waals surface area (Å²) in [7, 11) is 0. The van der Waals surface area contributed by atoms with E-state index in [1.165, 1.54) is 16.9 Å². The van der Waals surface area contributed by atoms with E-state index >= 15 is 0 Å². The second kappa shape index (κ2) is 9.26. The van der Waals surface area contributed by atoms with Crippen molar-refractivity contribution in [1.29, 1.82) is 0 Å². The molecule has 1 amide bonds. The quantitative estimate of drug-likeness (QED) is 0.350. The third-order valence-electron chi connectivity index (χ3n) is 4.69. The lowest BCUT2D eigenvalue weighted by molar-refractivity contribution is 0.0990. The maximum atomic E-state index is 13.2. The predicted octanol–water partition coefficient (Wildman–Crippen LogP) is 5.98. The van der Waals surface area contributed by atoms with Gasteiger partial charge in [-0.05, 0) is 49.6 Å². The average molecular weight is 467 g/mol. The van der Waals surface area contributed by atoms with Gasteiger partial charge >= 0.3 is 0 Å². The Hall–Kier alpha value is -1.93. The number of halogens is 2. The van der Waals surface area contributed by atoms with Gasteiger partial charge < -0.3 is 4.57 Å². The lowest BCUT2D eigenvalue weighted by Gasteiger charge is -2.19. The minimum absolute atomic E-state index is 0. The molecular formula is C20H20Cl2N4OS2. The largest absolute Gasteiger partial charge is 0.337 e. The summed E-state index contributed by atoms with van der Waals surface area (Å²) in [6.07, 6.45) is 6.27. The zero-order valence-electron chi connectivity index (χ0n) is 16.0. The number of imidazole rings is 1. The highest BCUT2D eigenvalue weighted by Crippen LogP contribution is 2.33. The van der Waals surface area contributed by atoms with E-state index in [2.05, 4.69) is 31.0 Å². The Kier molecular flexibility index (Phi) is 6.95. The summed E-state index contributed by atoms with van der Waals surface area (Å²) in [6, 6.07) is 7.72. The third-order valence-corrected chi connectivity index (χ3v) is 6.95. The van der Waals surface area contributed by atoms with E-state index in [4.69, 9.17) is 16.6 Å². The molecule has 9 heteroatoms. The summed E-state index contributed by atoms with van der Waals surface area (Å²) in [6.45, 7) is 5.52. The molecule has 1 aromatic carbocycles. The summed E-state index contributed by atoms with van der Waals surface area (Å²) in [5.41, 5.74) is 3.33. The molecule has 0 unspecified atom stereocenters. The molecule has 0 radical (unpaired) electrons. The van der Waals surface area contributed by atoms with Crippen LogP contribution in [0.4, 0.5) is 5.13 Å². The fourth-order valence-corrected chi connectivity index (χ4v) is 5.05. The van der Waals surface area contributed by atoms with Gasteiger partial charge in [0.25, 0.3) is 5.91 Å². The number of hydrogen-bond donors (Lipinski definition) is 0. The van der Waals surface area contributed by atoms with Gasteiger partial charge in [-0.3, -0.25) is 9.69 Å². The number of aromatic nitrogens is 3. The Morgan fingerprint density at radius 3 is 2.72 bits per heavy atom. The number of benzene rings is 1. The van der Waals surface area contributed by atoms with Gasteiger partial charge in [0, 0.05) is 25.5 Å². The molecule has 4 rings (SSSR count). The van der Waals surface area contributed by atoms with E-state index in [9.17, 15) is 4.79 Å². The number of hydrogen-bond acceptors (Lipinski definition) is 5. The molecule has 3 aromatic heterocycles. The van der Waals surface area contributed by atoms with Crippen LogP contribution in [0.2, 0.25) is 4.34 Å². The van der Waals surface area contributed by atoms with Crippen LogP contribution >= 0.6 is 46.7 Å². The smallest absolute Gasteiger partial charge is 0.270 e. The molecule has 0 spiro atoms. The van der Waals surface area contributed by atoms with Crippen LogP contribution in [0.15, 0.2) is 43.0 Å². The summed E-state index contributed by atoms with van der Waals surface area (Å²) in [5, 5.41) is 0.726. The van der Waals surface area contributed by atoms with Crippen molar-refractivity contribution >= 4 is 67.9 Å². The first-order valence-electron chi connectivity index (χ1n) is 8.92. The van der Waals surface area contributed by atoms with E-state index in [1.54, 1.807) is 40.9 Å². The van der Waals surface area contributed by atoms with Crippen molar-refractivity contribution in [2.24, 2.45) is 0 Å². The van der Waals surface area contributed by atoms with Crippen LogP contribution < -0.4 is 4.90 Å². The number of aryl methyl sites for hydroxylation is 3. The van der Waals surface area contributed by atoms with Crippen molar-refractivity contribution in [3.63, 3.8) is 0 Å². The second-order valence-electron chi connectivity index (χ2n) is 6.57. The fraction of sp³-hybridized carbons (Fsp3) is 0.250. The van der Waals surface area contributed by atoms with E-state index in [0.29, 0.717) is 15.8 Å². The number of thiophene rings is 1. The van der Waals surface area contributed by atoms with Gasteiger partial charge in [-0.25, -0.2) is 9.97 Å². The van der Waals surface area contributed by atoms with Gasteiger partial charge in [-0.1, -0.05) is 29.0 Å². The number of nitrogens with zero attached hydrogens (tertiary/aromatic N) is 4. The molecule has 0 aliphatic carbocycles. The molecular weight excluding hydrogens is 447 g/mol. The fourth-order valence-electron chi connectivity index (χ4n) is 3.01. The highest BCUT2D eigenvalue weighted by Gasteiger charge is 2.23. The standard InChI is InChI=1S/C20H19ClN4OS2.ClH/c1-13-4-5-15-18(14(13)2)23-20(28-15)25(10-3-9-24-11-8-22-12-24)19(26)16-6-7-17(21)27-16;/h4-8,11-12H,3,9-10H2,1-2H3;1H. The van der Waals surface area contributed by atoms with Crippen molar-refractivity contribution in [3.05, 3.63) is 63.3 Å². The van der Waals surface area contributed by atoms with Crippen molar-refractivity contribution in [2.75, 3.05) is 11.4 Å². The molecule has 0 N–H and O–H groups in total. The Morgan fingerprint density at radius 1 is 1.21 bits per heavy atom. The molecule has 0 saturated heterocycles. The van der Waals surface area contributed by atoms with E-state index in [1.807, 2.05) is 10.8 Å². The molecule has 4 aromatic rings. The molecule has 5 nitrogen and oxygen atoms in total. The first-order chi connectivity index (χ1) is 13.5. The Morgan fingerprint density at radius 2 is 2.03 bits per heavy atom. The molecule has 0 bridgehead atoms. The Labute approximate surface area is 188 Å². The normalized spacial score (nSPS) is 10.9. The average Bonchev–Trinajstić information content (AvgIpc) is 3.42. The molecule has 0 atom stereocenters. The lowest BCUT2D eigenvalue weighted by Crippen LogP contribution is -2.31. The van der Waals surface area contributed by atoms with E-state index < -0.39 is 0 Å². The van der Waals surface area contributed by atoms with E-state index in [-0.39, 0.29) is 18.3 Å². The van der Waals surface area contributed by atoms with Gasteiger partial charge in [-0.2, -0.15) is 0 Å². The van der Waals surface area contributed by atoms with Gasteiger partial charge in [0.2, 0.25) is 0 Å². The van der Waals surface area contributed by atoms with Crippen LogP contribution in [-0.4, -0.2) is 27.0 Å². The number of thiazole rings is 1. The highest BCUT2D eigenvalue weighted by molar-refractivity contribution is 7.22. The topological polar surface area (TPSA) is 51.0 Å². The second-order valence-corrected chi connectivity index (χ2v) is 9.29. The van der Waals surface area contributed by atoms with Gasteiger partial charge in [-0.15, -0.1) is 23.7 Å². The van der Waals surface area contributed by atoms with Crippen LogP contribution in [0.3, 0.4) is 0 Å². The maximum absolute atomic E-state index is 13.2. The molecule has 0 aliphatic rings. The highest BCUT2D eigenvalue weighted by atomic mass is 35.5. The van der Waals surface area contributed by atoms with Gasteiger partial charge in [0.15, 0.2) is 5.13 Å². The molecule has 0 saturated carbocycles. The lowest BCUT2D eigenvalue weighted by atomic mass is 10.1. The summed E-state index contributed by atoms with van der Waals surface area (Å²) < 4.78 is 3.71. The first-order valence-corrected chi connectivity index (χ1v) is 10.9. The number of fused-ring (bicyclic) bond motifs is 1. The number of amides is 1. The summed E-state index contributed by atoms with van der Waals surface area (Å²) in [5.74, 6) is -0.0593. The maximum Gasteiger partial charge on any atom is 0.270 e. The van der Waals surface area contributed by atoms with Gasteiger partial charge in [0.05, 0.1) is 25.8 Å². The number of rotatable bonds is 6. The number of carbonyl (C=O) groups is 1. The SMILES string of the molecule is Cc1ccc2sc(N(CCCn3ccnc3)C(=O)c3ccc(Cl)s3)nc2c1C.Cl. The molecule has 152 valence electrons. The van der Waals surface area contributed by atoms with Crippen LogP contribution in [0.5, 0.6) is 0 Å².